The van der Waals surface area contributed by atoms with Gasteiger partial charge in [-0.2, -0.15) is 0 Å². The minimum absolute atomic E-state index is 0.216. The molecule has 0 spiro atoms. The zero-order valence-electron chi connectivity index (χ0n) is 11.7. The molecule has 0 aromatic heterocycles. The van der Waals surface area contributed by atoms with Gasteiger partial charge >= 0.3 is 0 Å². The normalized spacial score (nSPS) is 16.0. The number of benzene rings is 1. The fourth-order valence-electron chi connectivity index (χ4n) is 2.43. The number of nitrogens with zero attached hydrogens (tertiary/aromatic N) is 1. The van der Waals surface area contributed by atoms with Gasteiger partial charge in [0.25, 0.3) is 0 Å². The molecule has 1 aliphatic rings. The maximum Gasteiger partial charge on any atom is 0.227 e. The lowest BCUT2D eigenvalue weighted by atomic mass is 10.1. The van der Waals surface area contributed by atoms with Crippen molar-refractivity contribution in [3.8, 4) is 5.75 Å². The quantitative estimate of drug-likeness (QED) is 0.894. The van der Waals surface area contributed by atoms with Crippen LogP contribution in [0.1, 0.15) is 17.5 Å². The van der Waals surface area contributed by atoms with Crippen molar-refractivity contribution in [1.29, 1.82) is 0 Å². The number of nitrogens with one attached hydrogen (secondary N) is 1. The van der Waals surface area contributed by atoms with Crippen molar-refractivity contribution in [2.24, 2.45) is 0 Å². The largest absolute Gasteiger partial charge is 0.496 e. The van der Waals surface area contributed by atoms with Crippen LogP contribution in [0, 0.1) is 6.92 Å². The van der Waals surface area contributed by atoms with Crippen molar-refractivity contribution in [1.82, 2.24) is 10.2 Å². The second-order valence-electron chi connectivity index (χ2n) is 4.97. The van der Waals surface area contributed by atoms with Gasteiger partial charge in [-0.3, -0.25) is 4.79 Å². The van der Waals surface area contributed by atoms with E-state index in [-0.39, 0.29) is 5.91 Å². The van der Waals surface area contributed by atoms with Crippen LogP contribution in [0.2, 0.25) is 0 Å². The van der Waals surface area contributed by atoms with Crippen LogP contribution in [0.25, 0.3) is 0 Å². The van der Waals surface area contributed by atoms with E-state index in [0.717, 1.165) is 49.5 Å². The molecule has 1 fully saturated rings. The zero-order valence-corrected chi connectivity index (χ0v) is 11.7. The smallest absolute Gasteiger partial charge is 0.227 e. The first-order chi connectivity index (χ1) is 9.20. The van der Waals surface area contributed by atoms with Gasteiger partial charge in [0, 0.05) is 19.6 Å². The summed E-state index contributed by atoms with van der Waals surface area (Å²) in [5.41, 5.74) is 2.13. The predicted molar refractivity (Wildman–Crippen MR) is 75.5 cm³/mol. The van der Waals surface area contributed by atoms with E-state index in [4.69, 9.17) is 4.74 Å². The Kier molecular flexibility index (Phi) is 4.80. The van der Waals surface area contributed by atoms with E-state index >= 15 is 0 Å². The van der Waals surface area contributed by atoms with E-state index < -0.39 is 0 Å². The number of aryl methyl sites for hydroxylation is 1. The van der Waals surface area contributed by atoms with Crippen LogP contribution in [-0.4, -0.2) is 44.1 Å². The van der Waals surface area contributed by atoms with E-state index in [0.29, 0.717) is 6.42 Å². The molecule has 0 saturated carbocycles. The maximum atomic E-state index is 12.3. The number of methoxy groups -OCH3 is 1. The van der Waals surface area contributed by atoms with Crippen molar-refractivity contribution in [2.75, 3.05) is 33.3 Å². The van der Waals surface area contributed by atoms with Crippen LogP contribution in [0.4, 0.5) is 0 Å². The molecular formula is C15H22N2O2. The van der Waals surface area contributed by atoms with Gasteiger partial charge in [-0.25, -0.2) is 0 Å². The van der Waals surface area contributed by atoms with Crippen LogP contribution >= 0.6 is 0 Å². The topological polar surface area (TPSA) is 41.6 Å². The Bertz CT molecular complexity index is 438. The van der Waals surface area contributed by atoms with Crippen molar-refractivity contribution >= 4 is 5.91 Å². The Labute approximate surface area is 114 Å². The van der Waals surface area contributed by atoms with E-state index in [1.54, 1.807) is 7.11 Å². The number of amides is 1. The number of carbonyl (C=O) groups is 1. The first-order valence-corrected chi connectivity index (χ1v) is 6.82. The number of ether oxygens (including phenoxy) is 1. The molecule has 0 aliphatic carbocycles. The van der Waals surface area contributed by atoms with Gasteiger partial charge in [0.2, 0.25) is 5.91 Å². The Morgan fingerprint density at radius 3 is 2.95 bits per heavy atom. The summed E-state index contributed by atoms with van der Waals surface area (Å²) in [5, 5.41) is 3.31. The van der Waals surface area contributed by atoms with Crippen LogP contribution < -0.4 is 10.1 Å². The van der Waals surface area contributed by atoms with Gasteiger partial charge < -0.3 is 15.0 Å². The van der Waals surface area contributed by atoms with E-state index in [1.165, 1.54) is 0 Å². The van der Waals surface area contributed by atoms with Crippen molar-refractivity contribution in [3.63, 3.8) is 0 Å². The minimum atomic E-state index is 0.216. The molecule has 0 atom stereocenters. The molecule has 1 amide bonds. The molecule has 0 radical (unpaired) electrons. The first kappa shape index (κ1) is 13.9. The highest BCUT2D eigenvalue weighted by atomic mass is 16.5. The second-order valence-corrected chi connectivity index (χ2v) is 4.97. The number of carbonyl (C=O) groups excluding carboxylic acids is 1. The number of hydrogen-bond donors (Lipinski definition) is 1. The Morgan fingerprint density at radius 1 is 1.37 bits per heavy atom. The standard InChI is InChI=1S/C15H22N2O2/c1-12-10-13(4-5-14(12)19-2)11-15(18)17-8-3-6-16-7-9-17/h4-5,10,16H,3,6-9,11H2,1-2H3. The molecular weight excluding hydrogens is 240 g/mol. The Hall–Kier alpha value is -1.55. The van der Waals surface area contributed by atoms with Crippen LogP contribution in [0.15, 0.2) is 18.2 Å². The lowest BCUT2D eigenvalue weighted by Gasteiger charge is -2.20. The van der Waals surface area contributed by atoms with Crippen LogP contribution in [0.5, 0.6) is 5.75 Å². The van der Waals surface area contributed by atoms with Gasteiger partial charge in [-0.05, 0) is 37.1 Å². The third-order valence-electron chi connectivity index (χ3n) is 3.51. The molecule has 4 nitrogen and oxygen atoms in total. The first-order valence-electron chi connectivity index (χ1n) is 6.82. The summed E-state index contributed by atoms with van der Waals surface area (Å²) < 4.78 is 5.23. The SMILES string of the molecule is COc1ccc(CC(=O)N2CCCNCC2)cc1C. The minimum Gasteiger partial charge on any atom is -0.496 e. The summed E-state index contributed by atoms with van der Waals surface area (Å²) in [6.07, 6.45) is 1.51. The van der Waals surface area contributed by atoms with E-state index in [1.807, 2.05) is 30.0 Å². The molecule has 0 bridgehead atoms. The van der Waals surface area contributed by atoms with Gasteiger partial charge in [0.15, 0.2) is 0 Å². The van der Waals surface area contributed by atoms with Crippen molar-refractivity contribution < 1.29 is 9.53 Å². The lowest BCUT2D eigenvalue weighted by Crippen LogP contribution is -2.35. The molecule has 4 heteroatoms. The Balaban J connectivity index is 1.99. The molecule has 0 unspecified atom stereocenters. The predicted octanol–water partition coefficient (Wildman–Crippen LogP) is 1.37. The number of hydrogen-bond acceptors (Lipinski definition) is 3. The zero-order chi connectivity index (χ0) is 13.7. The summed E-state index contributed by atoms with van der Waals surface area (Å²) >= 11 is 0. The molecule has 1 heterocycles. The lowest BCUT2D eigenvalue weighted by molar-refractivity contribution is -0.130. The molecule has 19 heavy (non-hydrogen) atoms. The van der Waals surface area contributed by atoms with Gasteiger partial charge in [0.1, 0.15) is 5.75 Å². The van der Waals surface area contributed by atoms with Gasteiger partial charge in [-0.15, -0.1) is 0 Å². The highest BCUT2D eigenvalue weighted by Gasteiger charge is 2.15. The average Bonchev–Trinajstić information content (AvgIpc) is 2.68. The molecule has 1 aromatic carbocycles. The summed E-state index contributed by atoms with van der Waals surface area (Å²) in [6.45, 7) is 5.58. The van der Waals surface area contributed by atoms with Gasteiger partial charge in [-0.1, -0.05) is 12.1 Å². The van der Waals surface area contributed by atoms with Gasteiger partial charge in [0.05, 0.1) is 13.5 Å². The van der Waals surface area contributed by atoms with Crippen molar-refractivity contribution in [2.45, 2.75) is 19.8 Å². The fourth-order valence-corrected chi connectivity index (χ4v) is 2.43. The number of rotatable bonds is 3. The molecule has 2 rings (SSSR count). The van der Waals surface area contributed by atoms with E-state index in [2.05, 4.69) is 5.32 Å². The van der Waals surface area contributed by atoms with Crippen LogP contribution in [0.3, 0.4) is 0 Å². The summed E-state index contributed by atoms with van der Waals surface area (Å²) in [7, 11) is 1.66. The molecule has 1 aromatic rings. The average molecular weight is 262 g/mol. The molecule has 1 aliphatic heterocycles. The summed E-state index contributed by atoms with van der Waals surface area (Å²) in [4.78, 5) is 14.2. The second kappa shape index (κ2) is 6.57. The Morgan fingerprint density at radius 2 is 2.21 bits per heavy atom. The highest BCUT2D eigenvalue weighted by molar-refractivity contribution is 5.79. The summed E-state index contributed by atoms with van der Waals surface area (Å²) in [6, 6.07) is 5.94. The highest BCUT2D eigenvalue weighted by Crippen LogP contribution is 2.19. The monoisotopic (exact) mass is 262 g/mol. The van der Waals surface area contributed by atoms with E-state index in [9.17, 15) is 4.79 Å². The third-order valence-corrected chi connectivity index (χ3v) is 3.51. The molecule has 104 valence electrons. The molecule has 1 N–H and O–H groups in total. The fraction of sp³-hybridized carbons (Fsp3) is 0.533. The molecule has 1 saturated heterocycles. The maximum absolute atomic E-state index is 12.3. The third kappa shape index (κ3) is 3.70. The van der Waals surface area contributed by atoms with Crippen molar-refractivity contribution in [3.05, 3.63) is 29.3 Å². The summed E-state index contributed by atoms with van der Waals surface area (Å²) in [5.74, 6) is 1.09. The van der Waals surface area contributed by atoms with Crippen LogP contribution in [-0.2, 0) is 11.2 Å².